The average Bonchev–Trinajstić information content (AvgIpc) is 2.80. The van der Waals surface area contributed by atoms with Crippen molar-refractivity contribution in [1.82, 2.24) is 19.9 Å². The van der Waals surface area contributed by atoms with Crippen molar-refractivity contribution < 1.29 is 14.3 Å². The van der Waals surface area contributed by atoms with Gasteiger partial charge in [0.1, 0.15) is 17.1 Å². The van der Waals surface area contributed by atoms with Crippen LogP contribution in [0.4, 0.5) is 11.5 Å². The number of ether oxygens (including phenoxy) is 2. The van der Waals surface area contributed by atoms with E-state index in [4.69, 9.17) is 9.47 Å². The first-order valence-corrected chi connectivity index (χ1v) is 10.9. The van der Waals surface area contributed by atoms with E-state index in [2.05, 4.69) is 25.3 Å². The Morgan fingerprint density at radius 1 is 0.941 bits per heavy atom. The Bertz CT molecular complexity index is 1300. The molecule has 0 atom stereocenters. The smallest absolute Gasteiger partial charge is 0.343 e. The summed E-state index contributed by atoms with van der Waals surface area (Å²) >= 11 is 0. The predicted octanol–water partition coefficient (Wildman–Crippen LogP) is 5.57. The summed E-state index contributed by atoms with van der Waals surface area (Å²) < 4.78 is 11.0. The van der Waals surface area contributed by atoms with E-state index < -0.39 is 5.97 Å². The molecule has 8 nitrogen and oxygen atoms in total. The molecule has 0 spiro atoms. The van der Waals surface area contributed by atoms with Crippen molar-refractivity contribution in [1.29, 1.82) is 0 Å². The normalized spacial score (nSPS) is 10.6. The number of nitrogens with one attached hydrogen (secondary N) is 1. The van der Waals surface area contributed by atoms with Crippen LogP contribution >= 0.6 is 0 Å². The molecule has 0 unspecified atom stereocenters. The lowest BCUT2D eigenvalue weighted by atomic mass is 10.1. The minimum Gasteiger partial charge on any atom is -0.462 e. The fourth-order valence-electron chi connectivity index (χ4n) is 3.35. The van der Waals surface area contributed by atoms with Crippen LogP contribution < -0.4 is 10.1 Å². The van der Waals surface area contributed by atoms with Gasteiger partial charge in [0, 0.05) is 28.8 Å². The third kappa shape index (κ3) is 5.53. The van der Waals surface area contributed by atoms with E-state index in [0.29, 0.717) is 29.1 Å². The van der Waals surface area contributed by atoms with Gasteiger partial charge in [0.15, 0.2) is 5.82 Å². The van der Waals surface area contributed by atoms with Crippen LogP contribution in [0.1, 0.15) is 34.2 Å². The van der Waals surface area contributed by atoms with Gasteiger partial charge < -0.3 is 14.8 Å². The van der Waals surface area contributed by atoms with Gasteiger partial charge in [-0.3, -0.25) is 0 Å². The summed E-state index contributed by atoms with van der Waals surface area (Å²) in [6, 6.07) is 17.3. The summed E-state index contributed by atoms with van der Waals surface area (Å²) in [7, 11) is 0. The third-order valence-corrected chi connectivity index (χ3v) is 4.85. The highest BCUT2D eigenvalue weighted by atomic mass is 16.5. The molecule has 4 rings (SSSR count). The second kappa shape index (κ2) is 10.1. The monoisotopic (exact) mass is 455 g/mol. The largest absolute Gasteiger partial charge is 0.462 e. The molecule has 4 aromatic rings. The Kier molecular flexibility index (Phi) is 6.77. The van der Waals surface area contributed by atoms with E-state index in [9.17, 15) is 4.79 Å². The van der Waals surface area contributed by atoms with E-state index in [-0.39, 0.29) is 12.2 Å². The molecule has 0 bridgehead atoms. The highest BCUT2D eigenvalue weighted by molar-refractivity contribution is 5.95. The summed E-state index contributed by atoms with van der Waals surface area (Å²) in [5.41, 5.74) is 4.58. The van der Waals surface area contributed by atoms with Crippen molar-refractivity contribution in [3.63, 3.8) is 0 Å². The highest BCUT2D eigenvalue weighted by Gasteiger charge is 2.17. The molecule has 0 amide bonds. The fraction of sp³-hybridized carbons (Fsp3) is 0.192. The number of esters is 1. The van der Waals surface area contributed by atoms with Gasteiger partial charge in [0.25, 0.3) is 0 Å². The summed E-state index contributed by atoms with van der Waals surface area (Å²) in [6.07, 6.45) is 1.49. The van der Waals surface area contributed by atoms with E-state index in [1.54, 1.807) is 19.1 Å². The molecule has 172 valence electrons. The van der Waals surface area contributed by atoms with Crippen LogP contribution in [0, 0.1) is 20.8 Å². The number of hydrogen-bond acceptors (Lipinski definition) is 8. The standard InChI is InChI=1S/C26H25N5O3/c1-5-33-25(32)22-15-27-23(19-8-6-7-16(2)13-19)31-24(22)30-20-9-11-21(12-10-20)34-26-28-17(3)14-18(4)29-26/h6-15H,5H2,1-4H3,(H,27,30,31). The molecule has 34 heavy (non-hydrogen) atoms. The number of nitrogens with zero attached hydrogens (tertiary/aromatic N) is 4. The Hall–Kier alpha value is -4.33. The first-order chi connectivity index (χ1) is 16.4. The van der Waals surface area contributed by atoms with Crippen molar-refractivity contribution in [2.45, 2.75) is 27.7 Å². The average molecular weight is 456 g/mol. The summed E-state index contributed by atoms with van der Waals surface area (Å²) in [4.78, 5) is 30.1. The van der Waals surface area contributed by atoms with E-state index in [0.717, 1.165) is 22.5 Å². The number of aryl methyl sites for hydroxylation is 3. The number of aromatic nitrogens is 4. The quantitative estimate of drug-likeness (QED) is 0.361. The van der Waals surface area contributed by atoms with E-state index in [1.807, 2.05) is 63.2 Å². The van der Waals surface area contributed by atoms with Crippen LogP contribution in [-0.4, -0.2) is 32.5 Å². The topological polar surface area (TPSA) is 99.1 Å². The van der Waals surface area contributed by atoms with Gasteiger partial charge >= 0.3 is 12.0 Å². The van der Waals surface area contributed by atoms with Crippen LogP contribution in [0.5, 0.6) is 11.8 Å². The Morgan fingerprint density at radius 2 is 1.68 bits per heavy atom. The third-order valence-electron chi connectivity index (χ3n) is 4.85. The minimum atomic E-state index is -0.493. The van der Waals surface area contributed by atoms with Crippen LogP contribution in [-0.2, 0) is 4.74 Å². The number of carbonyl (C=O) groups excluding carboxylic acids is 1. The van der Waals surface area contributed by atoms with Gasteiger partial charge in [-0.2, -0.15) is 0 Å². The molecule has 0 fully saturated rings. The van der Waals surface area contributed by atoms with Gasteiger partial charge in [0.05, 0.1) is 6.61 Å². The van der Waals surface area contributed by atoms with Gasteiger partial charge in [0.2, 0.25) is 0 Å². The molecule has 2 aromatic heterocycles. The second-order valence-electron chi connectivity index (χ2n) is 7.73. The maximum Gasteiger partial charge on any atom is 0.343 e. The summed E-state index contributed by atoms with van der Waals surface area (Å²) in [5.74, 6) is 0.958. The first-order valence-electron chi connectivity index (χ1n) is 10.9. The first kappa shape index (κ1) is 22.8. The number of carbonyl (C=O) groups is 1. The lowest BCUT2D eigenvalue weighted by Crippen LogP contribution is -2.11. The van der Waals surface area contributed by atoms with Crippen molar-refractivity contribution in [2.24, 2.45) is 0 Å². The zero-order valence-electron chi connectivity index (χ0n) is 19.5. The molecule has 0 aliphatic carbocycles. The fourth-order valence-corrected chi connectivity index (χ4v) is 3.35. The molecule has 0 aliphatic heterocycles. The van der Waals surface area contributed by atoms with Gasteiger partial charge in [-0.05, 0) is 64.1 Å². The van der Waals surface area contributed by atoms with Crippen molar-refractivity contribution in [3.8, 4) is 23.1 Å². The maximum atomic E-state index is 12.5. The van der Waals surface area contributed by atoms with Crippen LogP contribution in [0.25, 0.3) is 11.4 Å². The maximum absolute atomic E-state index is 12.5. The molecular weight excluding hydrogens is 430 g/mol. The van der Waals surface area contributed by atoms with Crippen molar-refractivity contribution >= 4 is 17.5 Å². The summed E-state index contributed by atoms with van der Waals surface area (Å²) in [6.45, 7) is 7.79. The van der Waals surface area contributed by atoms with Crippen molar-refractivity contribution in [2.75, 3.05) is 11.9 Å². The molecule has 8 heteroatoms. The van der Waals surface area contributed by atoms with Gasteiger partial charge in [-0.25, -0.2) is 24.7 Å². The molecule has 2 aromatic carbocycles. The lowest BCUT2D eigenvalue weighted by Gasteiger charge is -2.12. The molecule has 0 saturated carbocycles. The number of hydrogen-bond donors (Lipinski definition) is 1. The molecule has 1 N–H and O–H groups in total. The van der Waals surface area contributed by atoms with Crippen molar-refractivity contribution in [3.05, 3.63) is 83.3 Å². The Balaban J connectivity index is 1.60. The predicted molar refractivity (Wildman–Crippen MR) is 129 cm³/mol. The lowest BCUT2D eigenvalue weighted by molar-refractivity contribution is 0.0526. The van der Waals surface area contributed by atoms with Crippen LogP contribution in [0.3, 0.4) is 0 Å². The zero-order chi connectivity index (χ0) is 24.1. The minimum absolute atomic E-state index is 0.252. The molecule has 0 radical (unpaired) electrons. The zero-order valence-corrected chi connectivity index (χ0v) is 19.5. The molecular formula is C26H25N5O3. The number of benzene rings is 2. The molecule has 2 heterocycles. The van der Waals surface area contributed by atoms with Crippen LogP contribution in [0.15, 0.2) is 60.8 Å². The van der Waals surface area contributed by atoms with Crippen LogP contribution in [0.2, 0.25) is 0 Å². The molecule has 0 aliphatic rings. The molecule has 0 saturated heterocycles. The number of anilines is 2. The van der Waals surface area contributed by atoms with E-state index in [1.165, 1.54) is 6.20 Å². The van der Waals surface area contributed by atoms with Gasteiger partial charge in [-0.15, -0.1) is 0 Å². The second-order valence-corrected chi connectivity index (χ2v) is 7.73. The number of rotatable bonds is 7. The Labute approximate surface area is 198 Å². The van der Waals surface area contributed by atoms with Gasteiger partial charge in [-0.1, -0.05) is 23.8 Å². The van der Waals surface area contributed by atoms with E-state index >= 15 is 0 Å². The Morgan fingerprint density at radius 3 is 2.35 bits per heavy atom. The summed E-state index contributed by atoms with van der Waals surface area (Å²) in [5, 5.41) is 3.21. The highest BCUT2D eigenvalue weighted by Crippen LogP contribution is 2.26. The SMILES string of the molecule is CCOC(=O)c1cnc(-c2cccc(C)c2)nc1Nc1ccc(Oc2nc(C)cc(C)n2)cc1.